The highest BCUT2D eigenvalue weighted by atomic mass is 32.1. The predicted molar refractivity (Wildman–Crippen MR) is 98.6 cm³/mol. The van der Waals surface area contributed by atoms with Gasteiger partial charge in [-0.2, -0.15) is 0 Å². The van der Waals surface area contributed by atoms with Crippen LogP contribution in [0.25, 0.3) is 10.6 Å². The molecule has 134 valence electrons. The van der Waals surface area contributed by atoms with Crippen molar-refractivity contribution in [3.63, 3.8) is 0 Å². The number of benzene rings is 1. The van der Waals surface area contributed by atoms with Gasteiger partial charge in [0, 0.05) is 12.7 Å². The van der Waals surface area contributed by atoms with E-state index in [4.69, 9.17) is 5.21 Å². The minimum Gasteiger partial charge on any atom is -0.312 e. The maximum absolute atomic E-state index is 13.5. The van der Waals surface area contributed by atoms with E-state index in [1.807, 2.05) is 18.2 Å². The van der Waals surface area contributed by atoms with Crippen LogP contribution >= 0.6 is 11.3 Å². The van der Waals surface area contributed by atoms with Gasteiger partial charge in [-0.25, -0.2) is 9.87 Å². The number of nitrogens with one attached hydrogen (secondary N) is 2. The number of halogens is 1. The molecule has 3 N–H and O–H groups in total. The molecule has 0 fully saturated rings. The quantitative estimate of drug-likeness (QED) is 0.338. The van der Waals surface area contributed by atoms with Gasteiger partial charge in [0.25, 0.3) is 5.91 Å². The van der Waals surface area contributed by atoms with Gasteiger partial charge in [-0.1, -0.05) is 24.3 Å². The third-order valence-electron chi connectivity index (χ3n) is 3.87. The maximum atomic E-state index is 13.5. The van der Waals surface area contributed by atoms with Crippen LogP contribution in [-0.4, -0.2) is 22.6 Å². The Kier molecular flexibility index (Phi) is 6.06. The topological polar surface area (TPSA) is 74.2 Å². The number of amides is 1. The summed E-state index contributed by atoms with van der Waals surface area (Å²) < 4.78 is 13.5. The van der Waals surface area contributed by atoms with Crippen molar-refractivity contribution in [3.8, 4) is 10.6 Å². The Morgan fingerprint density at radius 1 is 1.15 bits per heavy atom. The van der Waals surface area contributed by atoms with Gasteiger partial charge in [-0.3, -0.25) is 15.0 Å². The minimum absolute atomic E-state index is 0.175. The molecule has 0 aliphatic heterocycles. The van der Waals surface area contributed by atoms with Crippen LogP contribution in [0.1, 0.15) is 20.8 Å². The van der Waals surface area contributed by atoms with Crippen LogP contribution in [0.5, 0.6) is 0 Å². The molecule has 1 amide bonds. The molecular weight excluding hydrogens is 353 g/mol. The van der Waals surface area contributed by atoms with Gasteiger partial charge in [0.05, 0.1) is 15.4 Å². The fourth-order valence-corrected chi connectivity index (χ4v) is 3.36. The summed E-state index contributed by atoms with van der Waals surface area (Å²) in [5.41, 5.74) is 4.11. The van der Waals surface area contributed by atoms with Crippen LogP contribution in [0, 0.1) is 5.82 Å². The lowest BCUT2D eigenvalue weighted by Crippen LogP contribution is -2.17. The van der Waals surface area contributed by atoms with E-state index in [1.54, 1.807) is 35.9 Å². The van der Waals surface area contributed by atoms with E-state index in [0.29, 0.717) is 30.0 Å². The molecule has 0 bridgehead atoms. The molecule has 1 aromatic carbocycles. The van der Waals surface area contributed by atoms with Crippen molar-refractivity contribution in [2.24, 2.45) is 0 Å². The van der Waals surface area contributed by atoms with Gasteiger partial charge >= 0.3 is 0 Å². The lowest BCUT2D eigenvalue weighted by Gasteiger charge is -2.06. The summed E-state index contributed by atoms with van der Waals surface area (Å²) in [5, 5.41) is 11.9. The van der Waals surface area contributed by atoms with Gasteiger partial charge in [0.15, 0.2) is 0 Å². The van der Waals surface area contributed by atoms with Crippen molar-refractivity contribution < 1.29 is 14.4 Å². The number of carbonyl (C=O) groups is 1. The number of hydrogen-bond acceptors (Lipinski definition) is 5. The maximum Gasteiger partial charge on any atom is 0.284 e. The summed E-state index contributed by atoms with van der Waals surface area (Å²) in [6, 6.07) is 14.1. The van der Waals surface area contributed by atoms with Gasteiger partial charge in [0.1, 0.15) is 5.82 Å². The molecule has 26 heavy (non-hydrogen) atoms. The van der Waals surface area contributed by atoms with E-state index in [2.05, 4.69) is 10.3 Å². The van der Waals surface area contributed by atoms with Gasteiger partial charge < -0.3 is 5.32 Å². The van der Waals surface area contributed by atoms with Crippen molar-refractivity contribution in [1.82, 2.24) is 15.8 Å². The third-order valence-corrected chi connectivity index (χ3v) is 4.97. The first kappa shape index (κ1) is 18.2. The molecule has 0 spiro atoms. The first-order valence-corrected chi connectivity index (χ1v) is 8.92. The molecule has 0 saturated heterocycles. The van der Waals surface area contributed by atoms with E-state index in [0.717, 1.165) is 16.1 Å². The van der Waals surface area contributed by atoms with Crippen LogP contribution in [0.15, 0.2) is 54.7 Å². The minimum atomic E-state index is -0.531. The molecule has 3 rings (SSSR count). The number of hydrogen-bond donors (Lipinski definition) is 3. The number of rotatable bonds is 7. The van der Waals surface area contributed by atoms with E-state index in [9.17, 15) is 9.18 Å². The highest BCUT2D eigenvalue weighted by Gasteiger charge is 2.10. The average Bonchev–Trinajstić information content (AvgIpc) is 3.16. The second-order valence-electron chi connectivity index (χ2n) is 5.67. The molecule has 7 heteroatoms. The number of aromatic nitrogens is 1. The van der Waals surface area contributed by atoms with Crippen molar-refractivity contribution in [2.45, 2.75) is 13.0 Å². The predicted octanol–water partition coefficient (Wildman–Crippen LogP) is 3.40. The van der Waals surface area contributed by atoms with Crippen molar-refractivity contribution in [3.05, 3.63) is 76.5 Å². The molecule has 0 saturated carbocycles. The lowest BCUT2D eigenvalue weighted by atomic mass is 10.1. The normalized spacial score (nSPS) is 10.7. The summed E-state index contributed by atoms with van der Waals surface area (Å²) in [5.74, 6) is -0.706. The summed E-state index contributed by atoms with van der Waals surface area (Å²) in [6.45, 7) is 1.32. The van der Waals surface area contributed by atoms with Crippen LogP contribution < -0.4 is 10.8 Å². The molecule has 2 aromatic heterocycles. The Morgan fingerprint density at radius 3 is 2.73 bits per heavy atom. The summed E-state index contributed by atoms with van der Waals surface area (Å²) in [4.78, 5) is 17.1. The highest BCUT2D eigenvalue weighted by molar-refractivity contribution is 7.17. The van der Waals surface area contributed by atoms with Crippen molar-refractivity contribution in [2.75, 3.05) is 6.54 Å². The zero-order valence-electron chi connectivity index (χ0n) is 13.9. The number of hydroxylamine groups is 1. The number of nitrogens with zero attached hydrogens (tertiary/aromatic N) is 1. The third kappa shape index (κ3) is 4.51. The smallest absolute Gasteiger partial charge is 0.284 e. The summed E-state index contributed by atoms with van der Waals surface area (Å²) in [7, 11) is 0. The Bertz CT molecular complexity index is 881. The molecule has 2 heterocycles. The average molecular weight is 371 g/mol. The standard InChI is InChI=1S/C19H18FN3O2S/c20-15-4-2-1-3-14(15)9-10-21-11-13-5-6-16(22-12-13)17-7-8-18(26-17)19(24)23-25/h1-8,12,21,25H,9-11H2,(H,23,24). The Balaban J connectivity index is 1.52. The fraction of sp³-hybridized carbons (Fsp3) is 0.158. The number of carbonyl (C=O) groups excluding carboxylic acids is 1. The van der Waals surface area contributed by atoms with E-state index in [-0.39, 0.29) is 5.82 Å². The molecule has 5 nitrogen and oxygen atoms in total. The van der Waals surface area contributed by atoms with E-state index in [1.165, 1.54) is 17.4 Å². The van der Waals surface area contributed by atoms with Crippen LogP contribution in [0.4, 0.5) is 4.39 Å². The van der Waals surface area contributed by atoms with Crippen molar-refractivity contribution in [1.29, 1.82) is 0 Å². The Hall–Kier alpha value is -2.61. The molecule has 0 aliphatic carbocycles. The van der Waals surface area contributed by atoms with Crippen LogP contribution in [0.3, 0.4) is 0 Å². The first-order valence-electron chi connectivity index (χ1n) is 8.11. The molecule has 0 unspecified atom stereocenters. The fourth-order valence-electron chi connectivity index (χ4n) is 2.48. The molecular formula is C19H18FN3O2S. The zero-order chi connectivity index (χ0) is 18.4. The molecule has 0 radical (unpaired) electrons. The van der Waals surface area contributed by atoms with Crippen molar-refractivity contribution >= 4 is 17.2 Å². The van der Waals surface area contributed by atoms with E-state index >= 15 is 0 Å². The zero-order valence-corrected chi connectivity index (χ0v) is 14.7. The molecule has 3 aromatic rings. The van der Waals surface area contributed by atoms with Crippen LogP contribution in [-0.2, 0) is 13.0 Å². The molecule has 0 atom stereocenters. The van der Waals surface area contributed by atoms with Gasteiger partial charge in [-0.05, 0) is 48.4 Å². The molecule has 0 aliphatic rings. The Morgan fingerprint density at radius 2 is 2.00 bits per heavy atom. The second kappa shape index (κ2) is 8.66. The summed E-state index contributed by atoms with van der Waals surface area (Å²) >= 11 is 1.26. The van der Waals surface area contributed by atoms with Crippen LogP contribution in [0.2, 0.25) is 0 Å². The highest BCUT2D eigenvalue weighted by Crippen LogP contribution is 2.26. The number of pyridine rings is 1. The Labute approximate surface area is 154 Å². The van der Waals surface area contributed by atoms with Gasteiger partial charge in [0.2, 0.25) is 0 Å². The van der Waals surface area contributed by atoms with E-state index < -0.39 is 5.91 Å². The summed E-state index contributed by atoms with van der Waals surface area (Å²) in [6.07, 6.45) is 2.40. The first-order chi connectivity index (χ1) is 12.7. The lowest BCUT2D eigenvalue weighted by molar-refractivity contribution is 0.0711. The largest absolute Gasteiger partial charge is 0.312 e. The number of thiophene rings is 1. The van der Waals surface area contributed by atoms with Gasteiger partial charge in [-0.15, -0.1) is 11.3 Å². The second-order valence-corrected chi connectivity index (χ2v) is 6.76. The SMILES string of the molecule is O=C(NO)c1ccc(-c2ccc(CNCCc3ccccc3F)cn2)s1. The monoisotopic (exact) mass is 371 g/mol.